The maximum absolute atomic E-state index is 11.6. The minimum Gasteiger partial charge on any atom is -0.315 e. The van der Waals surface area contributed by atoms with Crippen molar-refractivity contribution in [3.05, 3.63) is 30.3 Å². The molecule has 0 saturated heterocycles. The fourth-order valence-corrected chi connectivity index (χ4v) is 2.33. The average molecular weight is 199 g/mol. The van der Waals surface area contributed by atoms with Crippen LogP contribution in [-0.4, -0.2) is 13.8 Å². The third-order valence-electron chi connectivity index (χ3n) is 1.87. The van der Waals surface area contributed by atoms with Crippen LogP contribution in [-0.2, 0) is 9.84 Å². The molecule has 0 heterocycles. The molecule has 0 aliphatic rings. The lowest BCUT2D eigenvalue weighted by atomic mass is 10.4. The highest BCUT2D eigenvalue weighted by molar-refractivity contribution is 7.92. The van der Waals surface area contributed by atoms with Crippen LogP contribution in [0.2, 0.25) is 0 Å². The van der Waals surface area contributed by atoms with Crippen LogP contribution in [0.4, 0.5) is 0 Å². The molecule has 0 unspecified atom stereocenters. The summed E-state index contributed by atoms with van der Waals surface area (Å²) in [6, 6.07) is 8.27. The summed E-state index contributed by atoms with van der Waals surface area (Å²) in [5, 5.41) is -0.796. The molecule has 13 heavy (non-hydrogen) atoms. The van der Waals surface area contributed by atoms with Crippen molar-refractivity contribution in [2.75, 3.05) is 0 Å². The highest BCUT2D eigenvalue weighted by atomic mass is 32.2. The van der Waals surface area contributed by atoms with Crippen molar-refractivity contribution < 1.29 is 8.42 Å². The molecule has 0 spiro atoms. The third-order valence-corrected chi connectivity index (χ3v) is 3.93. The van der Waals surface area contributed by atoms with Gasteiger partial charge in [-0.2, -0.15) is 0 Å². The van der Waals surface area contributed by atoms with E-state index < -0.39 is 15.2 Å². The largest absolute Gasteiger partial charge is 0.315 e. The first-order valence-electron chi connectivity index (χ1n) is 4.13. The fraction of sp³-hybridized carbons (Fsp3) is 0.333. The van der Waals surface area contributed by atoms with Gasteiger partial charge in [0, 0.05) is 0 Å². The molecular weight excluding hydrogens is 186 g/mol. The summed E-state index contributed by atoms with van der Waals surface area (Å²) in [7, 11) is -3.31. The van der Waals surface area contributed by atoms with Crippen molar-refractivity contribution in [2.24, 2.45) is 5.73 Å². The topological polar surface area (TPSA) is 60.2 Å². The van der Waals surface area contributed by atoms with Crippen LogP contribution in [0.3, 0.4) is 0 Å². The van der Waals surface area contributed by atoms with E-state index in [1.807, 2.05) is 0 Å². The van der Waals surface area contributed by atoms with Crippen molar-refractivity contribution in [1.29, 1.82) is 0 Å². The van der Waals surface area contributed by atoms with Gasteiger partial charge in [0.15, 0.2) is 9.84 Å². The van der Waals surface area contributed by atoms with Gasteiger partial charge in [-0.15, -0.1) is 0 Å². The Labute approximate surface area is 78.5 Å². The lowest BCUT2D eigenvalue weighted by Gasteiger charge is -2.09. The normalized spacial score (nSPS) is 14.0. The molecule has 0 radical (unpaired) electrons. The number of rotatable bonds is 3. The van der Waals surface area contributed by atoms with Crippen LogP contribution in [0.25, 0.3) is 0 Å². The van der Waals surface area contributed by atoms with Gasteiger partial charge < -0.3 is 5.73 Å². The summed E-state index contributed by atoms with van der Waals surface area (Å²) in [6.07, 6.45) is 0.428. The molecule has 72 valence electrons. The van der Waals surface area contributed by atoms with Gasteiger partial charge in [0.05, 0.1) is 4.90 Å². The van der Waals surface area contributed by atoms with E-state index in [1.165, 1.54) is 0 Å². The Kier molecular flexibility index (Phi) is 3.06. The SMILES string of the molecule is CC[C@H](N)S(=O)(=O)c1ccccc1. The monoisotopic (exact) mass is 199 g/mol. The van der Waals surface area contributed by atoms with Crippen molar-refractivity contribution in [2.45, 2.75) is 23.6 Å². The Morgan fingerprint density at radius 1 is 1.31 bits per heavy atom. The van der Waals surface area contributed by atoms with Gasteiger partial charge in [-0.3, -0.25) is 0 Å². The second-order valence-electron chi connectivity index (χ2n) is 2.80. The summed E-state index contributed by atoms with van der Waals surface area (Å²) in [5.74, 6) is 0. The van der Waals surface area contributed by atoms with Crippen LogP contribution in [0.1, 0.15) is 13.3 Å². The number of benzene rings is 1. The number of nitrogens with two attached hydrogens (primary N) is 1. The van der Waals surface area contributed by atoms with Gasteiger partial charge in [0.25, 0.3) is 0 Å². The van der Waals surface area contributed by atoms with E-state index in [-0.39, 0.29) is 0 Å². The number of hydrogen-bond acceptors (Lipinski definition) is 3. The molecule has 0 aliphatic heterocycles. The van der Waals surface area contributed by atoms with Crippen molar-refractivity contribution in [1.82, 2.24) is 0 Å². The predicted molar refractivity (Wildman–Crippen MR) is 51.9 cm³/mol. The Bertz CT molecular complexity index is 358. The minimum absolute atomic E-state index is 0.296. The molecule has 4 heteroatoms. The number of sulfone groups is 1. The summed E-state index contributed by atoms with van der Waals surface area (Å²) >= 11 is 0. The maximum atomic E-state index is 11.6. The van der Waals surface area contributed by atoms with Crippen molar-refractivity contribution >= 4 is 9.84 Å². The molecule has 2 N–H and O–H groups in total. The van der Waals surface area contributed by atoms with Crippen LogP contribution in [0.15, 0.2) is 35.2 Å². The average Bonchev–Trinajstić information content (AvgIpc) is 2.18. The lowest BCUT2D eigenvalue weighted by molar-refractivity contribution is 0.578. The zero-order valence-corrected chi connectivity index (χ0v) is 8.29. The summed E-state index contributed by atoms with van der Waals surface area (Å²) in [4.78, 5) is 0.296. The second kappa shape index (κ2) is 3.89. The molecule has 1 aromatic carbocycles. The quantitative estimate of drug-likeness (QED) is 0.794. The fourth-order valence-electron chi connectivity index (χ4n) is 1.00. The number of hydrogen-bond donors (Lipinski definition) is 1. The molecule has 1 atom stereocenters. The first-order chi connectivity index (χ1) is 6.09. The van der Waals surface area contributed by atoms with Crippen molar-refractivity contribution in [3.8, 4) is 0 Å². The zero-order chi connectivity index (χ0) is 9.90. The smallest absolute Gasteiger partial charge is 0.193 e. The van der Waals surface area contributed by atoms with Gasteiger partial charge in [-0.05, 0) is 18.6 Å². The Morgan fingerprint density at radius 2 is 1.85 bits per heavy atom. The molecule has 0 aromatic heterocycles. The van der Waals surface area contributed by atoms with Gasteiger partial charge in [0.2, 0.25) is 0 Å². The predicted octanol–water partition coefficient (Wildman–Crippen LogP) is 1.16. The third kappa shape index (κ3) is 2.08. The van der Waals surface area contributed by atoms with Crippen LogP contribution in [0.5, 0.6) is 0 Å². The van der Waals surface area contributed by atoms with Crippen LogP contribution < -0.4 is 5.73 Å². The molecule has 1 aromatic rings. The van der Waals surface area contributed by atoms with Gasteiger partial charge in [-0.25, -0.2) is 8.42 Å². The van der Waals surface area contributed by atoms with Crippen LogP contribution >= 0.6 is 0 Å². The van der Waals surface area contributed by atoms with E-state index in [4.69, 9.17) is 5.73 Å². The van der Waals surface area contributed by atoms with E-state index in [0.29, 0.717) is 11.3 Å². The molecule has 0 aliphatic carbocycles. The molecule has 0 amide bonds. The standard InChI is InChI=1S/C9H13NO2S/c1-2-9(10)13(11,12)8-6-4-3-5-7-8/h3-7,9H,2,10H2,1H3/t9-/m1/s1. The second-order valence-corrected chi connectivity index (χ2v) is 4.97. The van der Waals surface area contributed by atoms with Gasteiger partial charge in [0.1, 0.15) is 5.37 Å². The lowest BCUT2D eigenvalue weighted by Crippen LogP contribution is -2.29. The summed E-state index contributed by atoms with van der Waals surface area (Å²) < 4.78 is 23.3. The molecule has 0 fully saturated rings. The van der Waals surface area contributed by atoms with Crippen LogP contribution in [0, 0.1) is 0 Å². The Hall–Kier alpha value is -0.870. The Morgan fingerprint density at radius 3 is 2.31 bits per heavy atom. The maximum Gasteiger partial charge on any atom is 0.193 e. The van der Waals surface area contributed by atoms with E-state index in [2.05, 4.69) is 0 Å². The van der Waals surface area contributed by atoms with E-state index >= 15 is 0 Å². The zero-order valence-electron chi connectivity index (χ0n) is 7.47. The molecular formula is C9H13NO2S. The first-order valence-corrected chi connectivity index (χ1v) is 5.68. The summed E-state index contributed by atoms with van der Waals surface area (Å²) in [5.41, 5.74) is 5.49. The highest BCUT2D eigenvalue weighted by Crippen LogP contribution is 2.14. The molecule has 0 saturated carbocycles. The molecule has 3 nitrogen and oxygen atoms in total. The Balaban J connectivity index is 3.09. The van der Waals surface area contributed by atoms with Crippen molar-refractivity contribution in [3.63, 3.8) is 0 Å². The summed E-state index contributed by atoms with van der Waals surface area (Å²) in [6.45, 7) is 1.76. The van der Waals surface area contributed by atoms with E-state index in [9.17, 15) is 8.42 Å². The van der Waals surface area contributed by atoms with Gasteiger partial charge >= 0.3 is 0 Å². The highest BCUT2D eigenvalue weighted by Gasteiger charge is 2.21. The minimum atomic E-state index is -3.31. The van der Waals surface area contributed by atoms with E-state index in [1.54, 1.807) is 37.3 Å². The van der Waals surface area contributed by atoms with Gasteiger partial charge in [-0.1, -0.05) is 25.1 Å². The first kappa shape index (κ1) is 10.2. The molecule has 1 rings (SSSR count). The van der Waals surface area contributed by atoms with E-state index in [0.717, 1.165) is 0 Å². The molecule has 0 bridgehead atoms.